The third-order valence-electron chi connectivity index (χ3n) is 5.48. The first-order chi connectivity index (χ1) is 12.7. The number of rotatable bonds is 7. The van der Waals surface area contributed by atoms with Crippen molar-refractivity contribution in [3.63, 3.8) is 0 Å². The summed E-state index contributed by atoms with van der Waals surface area (Å²) in [5, 5.41) is 9.42. The number of carboxylic acids is 1. The van der Waals surface area contributed by atoms with Gasteiger partial charge in [-0.2, -0.15) is 0 Å². The molecule has 1 aliphatic heterocycles. The number of unbranched alkanes of at least 4 members (excludes halogenated alkanes) is 1. The molecule has 138 valence electrons. The summed E-state index contributed by atoms with van der Waals surface area (Å²) in [4.78, 5) is 13.8. The average Bonchev–Trinajstić information content (AvgIpc) is 2.70. The van der Waals surface area contributed by atoms with Gasteiger partial charge in [0.1, 0.15) is 0 Å². The smallest absolute Gasteiger partial charge is 0.307 e. The van der Waals surface area contributed by atoms with Gasteiger partial charge in [0.25, 0.3) is 0 Å². The minimum absolute atomic E-state index is 0.225. The van der Waals surface area contributed by atoms with E-state index in [1.54, 1.807) is 0 Å². The zero-order chi connectivity index (χ0) is 18.4. The standard InChI is InChI=1S/C23H29NO2/c1-2-3-11-22(24-16-7-10-21(17-24)23(25)26)20-14-12-19(13-15-20)18-8-5-4-6-9-18/h4-6,8-9,12-15,21-22H,2-3,7,10-11,16-17H2,1H3,(H,25,26). The van der Waals surface area contributed by atoms with Crippen LogP contribution in [0.5, 0.6) is 0 Å². The fourth-order valence-corrected chi connectivity index (χ4v) is 3.98. The average molecular weight is 351 g/mol. The van der Waals surface area contributed by atoms with Gasteiger partial charge in [0.2, 0.25) is 0 Å². The molecule has 0 saturated carbocycles. The maximum absolute atomic E-state index is 11.4. The fourth-order valence-electron chi connectivity index (χ4n) is 3.98. The summed E-state index contributed by atoms with van der Waals surface area (Å²) in [5.74, 6) is -0.875. The lowest BCUT2D eigenvalue weighted by molar-refractivity contribution is -0.144. The molecule has 1 heterocycles. The molecular formula is C23H29NO2. The molecule has 1 saturated heterocycles. The number of aliphatic carboxylic acids is 1. The van der Waals surface area contributed by atoms with Crippen molar-refractivity contribution in [3.8, 4) is 11.1 Å². The summed E-state index contributed by atoms with van der Waals surface area (Å²) in [6.07, 6.45) is 5.20. The van der Waals surface area contributed by atoms with Crippen molar-refractivity contribution in [2.75, 3.05) is 13.1 Å². The van der Waals surface area contributed by atoms with Crippen LogP contribution in [0, 0.1) is 5.92 Å². The monoisotopic (exact) mass is 351 g/mol. The van der Waals surface area contributed by atoms with E-state index in [2.05, 4.69) is 60.4 Å². The summed E-state index contributed by atoms with van der Waals surface area (Å²) in [7, 11) is 0. The van der Waals surface area contributed by atoms with Gasteiger partial charge >= 0.3 is 5.97 Å². The van der Waals surface area contributed by atoms with E-state index >= 15 is 0 Å². The predicted octanol–water partition coefficient (Wildman–Crippen LogP) is 5.38. The largest absolute Gasteiger partial charge is 0.481 e. The number of hydrogen-bond acceptors (Lipinski definition) is 2. The van der Waals surface area contributed by atoms with Crippen molar-refractivity contribution in [1.29, 1.82) is 0 Å². The molecule has 2 aromatic rings. The molecule has 0 amide bonds. The molecule has 1 N–H and O–H groups in total. The highest BCUT2D eigenvalue weighted by Crippen LogP contribution is 2.32. The van der Waals surface area contributed by atoms with Crippen molar-refractivity contribution >= 4 is 5.97 Å². The molecule has 0 aromatic heterocycles. The Hall–Kier alpha value is -2.13. The number of hydrogen-bond donors (Lipinski definition) is 1. The van der Waals surface area contributed by atoms with Crippen molar-refractivity contribution < 1.29 is 9.90 Å². The summed E-state index contributed by atoms with van der Waals surface area (Å²) < 4.78 is 0. The number of nitrogens with zero attached hydrogens (tertiary/aromatic N) is 1. The molecule has 0 spiro atoms. The van der Waals surface area contributed by atoms with Crippen molar-refractivity contribution in [1.82, 2.24) is 4.90 Å². The van der Waals surface area contributed by atoms with Gasteiger partial charge in [-0.3, -0.25) is 9.69 Å². The van der Waals surface area contributed by atoms with Crippen molar-refractivity contribution in [3.05, 3.63) is 60.2 Å². The minimum atomic E-state index is -0.650. The summed E-state index contributed by atoms with van der Waals surface area (Å²) >= 11 is 0. The lowest BCUT2D eigenvalue weighted by Crippen LogP contribution is -2.40. The lowest BCUT2D eigenvalue weighted by atomic mass is 9.92. The molecule has 3 nitrogen and oxygen atoms in total. The Morgan fingerprint density at radius 3 is 2.46 bits per heavy atom. The van der Waals surface area contributed by atoms with Crippen LogP contribution in [0.4, 0.5) is 0 Å². The second kappa shape index (κ2) is 9.00. The van der Waals surface area contributed by atoms with Crippen molar-refractivity contribution in [2.45, 2.75) is 45.1 Å². The SMILES string of the molecule is CCCCC(c1ccc(-c2ccccc2)cc1)N1CCCC(C(=O)O)C1. The Morgan fingerprint density at radius 1 is 1.12 bits per heavy atom. The summed E-state index contributed by atoms with van der Waals surface area (Å²) in [6, 6.07) is 19.6. The van der Waals surface area contributed by atoms with E-state index in [-0.39, 0.29) is 5.92 Å². The molecule has 26 heavy (non-hydrogen) atoms. The van der Waals surface area contributed by atoms with E-state index in [0.717, 1.165) is 32.2 Å². The molecule has 3 heteroatoms. The first-order valence-corrected chi connectivity index (χ1v) is 9.81. The van der Waals surface area contributed by atoms with Crippen LogP contribution < -0.4 is 0 Å². The Bertz CT molecular complexity index is 696. The van der Waals surface area contributed by atoms with Crippen LogP contribution in [0.25, 0.3) is 11.1 Å². The fraction of sp³-hybridized carbons (Fsp3) is 0.435. The van der Waals surface area contributed by atoms with Gasteiger partial charge in [-0.15, -0.1) is 0 Å². The van der Waals surface area contributed by atoms with Gasteiger partial charge in [0, 0.05) is 12.6 Å². The molecule has 0 aliphatic carbocycles. The first kappa shape index (κ1) is 18.7. The van der Waals surface area contributed by atoms with Gasteiger partial charge in [-0.25, -0.2) is 0 Å². The Balaban J connectivity index is 1.80. The summed E-state index contributed by atoms with van der Waals surface area (Å²) in [6.45, 7) is 3.88. The summed E-state index contributed by atoms with van der Waals surface area (Å²) in [5.41, 5.74) is 3.77. The highest BCUT2D eigenvalue weighted by Gasteiger charge is 2.30. The molecule has 1 aliphatic rings. The van der Waals surface area contributed by atoms with Gasteiger partial charge in [-0.05, 0) is 42.5 Å². The molecule has 2 aromatic carbocycles. The van der Waals surface area contributed by atoms with Gasteiger partial charge in [0.05, 0.1) is 5.92 Å². The van der Waals surface area contributed by atoms with E-state index in [1.807, 2.05) is 6.07 Å². The Kier molecular flexibility index (Phi) is 6.45. The van der Waals surface area contributed by atoms with E-state index in [1.165, 1.54) is 23.1 Å². The highest BCUT2D eigenvalue weighted by atomic mass is 16.4. The molecule has 2 unspecified atom stereocenters. The number of piperidine rings is 1. The number of benzene rings is 2. The van der Waals surface area contributed by atoms with Crippen LogP contribution in [-0.4, -0.2) is 29.1 Å². The van der Waals surface area contributed by atoms with Crippen molar-refractivity contribution in [2.24, 2.45) is 5.92 Å². The van der Waals surface area contributed by atoms with Gasteiger partial charge in [-0.1, -0.05) is 74.4 Å². The van der Waals surface area contributed by atoms with Crippen LogP contribution in [-0.2, 0) is 4.79 Å². The van der Waals surface area contributed by atoms with Crippen LogP contribution in [0.3, 0.4) is 0 Å². The van der Waals surface area contributed by atoms with E-state index in [4.69, 9.17) is 0 Å². The zero-order valence-corrected chi connectivity index (χ0v) is 15.6. The normalized spacial score (nSPS) is 19.2. The second-order valence-electron chi connectivity index (χ2n) is 7.32. The zero-order valence-electron chi connectivity index (χ0n) is 15.6. The number of carbonyl (C=O) groups is 1. The number of likely N-dealkylation sites (tertiary alicyclic amines) is 1. The molecule has 0 radical (unpaired) electrons. The van der Waals surface area contributed by atoms with Crippen LogP contribution in [0.2, 0.25) is 0 Å². The van der Waals surface area contributed by atoms with Gasteiger partial charge in [0.15, 0.2) is 0 Å². The molecular weight excluding hydrogens is 322 g/mol. The Labute approximate surface area is 156 Å². The maximum Gasteiger partial charge on any atom is 0.307 e. The van der Waals surface area contributed by atoms with E-state index in [9.17, 15) is 9.90 Å². The third kappa shape index (κ3) is 4.53. The van der Waals surface area contributed by atoms with Crippen LogP contribution in [0.1, 0.15) is 50.6 Å². The molecule has 0 bridgehead atoms. The molecule has 1 fully saturated rings. The molecule has 3 rings (SSSR count). The quantitative estimate of drug-likeness (QED) is 0.728. The maximum atomic E-state index is 11.4. The minimum Gasteiger partial charge on any atom is -0.481 e. The second-order valence-corrected chi connectivity index (χ2v) is 7.32. The van der Waals surface area contributed by atoms with E-state index < -0.39 is 5.97 Å². The van der Waals surface area contributed by atoms with Crippen LogP contribution >= 0.6 is 0 Å². The topological polar surface area (TPSA) is 40.5 Å². The first-order valence-electron chi connectivity index (χ1n) is 9.81. The predicted molar refractivity (Wildman–Crippen MR) is 106 cm³/mol. The molecule has 2 atom stereocenters. The van der Waals surface area contributed by atoms with Gasteiger partial charge < -0.3 is 5.11 Å². The number of carboxylic acid groups (broad SMARTS) is 1. The Morgan fingerprint density at radius 2 is 1.81 bits per heavy atom. The van der Waals surface area contributed by atoms with Crippen LogP contribution in [0.15, 0.2) is 54.6 Å². The lowest BCUT2D eigenvalue weighted by Gasteiger charge is -2.37. The highest BCUT2D eigenvalue weighted by molar-refractivity contribution is 5.70. The third-order valence-corrected chi connectivity index (χ3v) is 5.48. The van der Waals surface area contributed by atoms with E-state index in [0.29, 0.717) is 12.6 Å².